The van der Waals surface area contributed by atoms with Crippen molar-refractivity contribution in [3.05, 3.63) is 0 Å². The Bertz CT molecular complexity index is 199. The Hall–Kier alpha value is -1.10. The second-order valence-electron chi connectivity index (χ2n) is 2.63. The van der Waals surface area contributed by atoms with Crippen LogP contribution in [0.1, 0.15) is 13.8 Å². The number of amides is 3. The molecule has 0 spiro atoms. The number of nitrogens with zero attached hydrogens (tertiary/aromatic N) is 1. The summed E-state index contributed by atoms with van der Waals surface area (Å²) < 4.78 is 0. The standard InChI is InChI=1S/C5H8N2O3/c1-5(2)3(8)6-4(9)7(5)10/h10H,1-2H3,(H,6,8,9). The summed E-state index contributed by atoms with van der Waals surface area (Å²) in [6.45, 7) is 2.90. The molecule has 0 bridgehead atoms. The molecule has 1 fully saturated rings. The Morgan fingerprint density at radius 1 is 1.50 bits per heavy atom. The fraction of sp³-hybridized carbons (Fsp3) is 0.600. The summed E-state index contributed by atoms with van der Waals surface area (Å²) in [6, 6.07) is -0.769. The van der Waals surface area contributed by atoms with Gasteiger partial charge in [-0.2, -0.15) is 5.06 Å². The van der Waals surface area contributed by atoms with E-state index in [9.17, 15) is 9.59 Å². The highest BCUT2D eigenvalue weighted by atomic mass is 16.5. The van der Waals surface area contributed by atoms with E-state index in [4.69, 9.17) is 5.21 Å². The lowest BCUT2D eigenvalue weighted by Crippen LogP contribution is -2.41. The molecule has 1 rings (SSSR count). The molecule has 1 heterocycles. The Kier molecular flexibility index (Phi) is 1.19. The highest BCUT2D eigenvalue weighted by molar-refractivity contribution is 6.05. The minimum absolute atomic E-state index is 0.384. The predicted molar refractivity (Wildman–Crippen MR) is 31.2 cm³/mol. The molecule has 0 unspecified atom stereocenters. The molecule has 5 heteroatoms. The van der Waals surface area contributed by atoms with Crippen molar-refractivity contribution in [2.45, 2.75) is 19.4 Å². The van der Waals surface area contributed by atoms with Gasteiger partial charge in [-0.15, -0.1) is 0 Å². The van der Waals surface area contributed by atoms with E-state index in [1.807, 2.05) is 5.32 Å². The van der Waals surface area contributed by atoms with Gasteiger partial charge < -0.3 is 0 Å². The van der Waals surface area contributed by atoms with Gasteiger partial charge in [0.25, 0.3) is 5.91 Å². The summed E-state index contributed by atoms with van der Waals surface area (Å²) in [6.07, 6.45) is 0. The Balaban J connectivity index is 2.96. The number of hydrogen-bond acceptors (Lipinski definition) is 3. The van der Waals surface area contributed by atoms with Gasteiger partial charge in [-0.25, -0.2) is 4.79 Å². The van der Waals surface area contributed by atoms with Crippen LogP contribution in [0.15, 0.2) is 0 Å². The third-order valence-corrected chi connectivity index (χ3v) is 1.50. The SMILES string of the molecule is CC1(C)C(=O)NC(=O)N1O. The number of rotatable bonds is 0. The zero-order valence-electron chi connectivity index (χ0n) is 5.71. The van der Waals surface area contributed by atoms with Gasteiger partial charge in [0.15, 0.2) is 0 Å². The fourth-order valence-corrected chi connectivity index (χ4v) is 0.653. The van der Waals surface area contributed by atoms with E-state index in [1.165, 1.54) is 13.8 Å². The maximum Gasteiger partial charge on any atom is 0.348 e. The highest BCUT2D eigenvalue weighted by Gasteiger charge is 2.45. The van der Waals surface area contributed by atoms with Crippen LogP contribution in [0.25, 0.3) is 0 Å². The summed E-state index contributed by atoms with van der Waals surface area (Å²) >= 11 is 0. The maximum atomic E-state index is 10.8. The molecule has 56 valence electrons. The van der Waals surface area contributed by atoms with Crippen molar-refractivity contribution in [2.24, 2.45) is 0 Å². The second-order valence-corrected chi connectivity index (χ2v) is 2.63. The van der Waals surface area contributed by atoms with Crippen LogP contribution in [0.2, 0.25) is 0 Å². The lowest BCUT2D eigenvalue weighted by molar-refractivity contribution is -0.140. The molecule has 0 atom stereocenters. The lowest BCUT2D eigenvalue weighted by Gasteiger charge is -2.19. The minimum atomic E-state index is -1.13. The number of hydrogen-bond donors (Lipinski definition) is 2. The number of hydroxylamine groups is 2. The van der Waals surface area contributed by atoms with E-state index in [2.05, 4.69) is 0 Å². The van der Waals surface area contributed by atoms with Gasteiger partial charge in [0.2, 0.25) is 0 Å². The summed E-state index contributed by atoms with van der Waals surface area (Å²) in [5.41, 5.74) is -1.13. The van der Waals surface area contributed by atoms with Crippen molar-refractivity contribution < 1.29 is 14.8 Å². The molecule has 10 heavy (non-hydrogen) atoms. The van der Waals surface area contributed by atoms with Crippen LogP contribution in [-0.2, 0) is 4.79 Å². The normalized spacial score (nSPS) is 23.3. The molecule has 0 saturated carbocycles. The molecule has 5 nitrogen and oxygen atoms in total. The molecule has 0 aliphatic carbocycles. The average molecular weight is 144 g/mol. The Labute approximate surface area is 57.6 Å². The minimum Gasteiger partial charge on any atom is -0.283 e. The summed E-state index contributed by atoms with van der Waals surface area (Å²) in [5, 5.41) is 11.2. The van der Waals surface area contributed by atoms with Crippen LogP contribution in [0.4, 0.5) is 4.79 Å². The summed E-state index contributed by atoms with van der Waals surface area (Å²) in [4.78, 5) is 21.3. The van der Waals surface area contributed by atoms with Gasteiger partial charge in [-0.3, -0.25) is 15.3 Å². The van der Waals surface area contributed by atoms with E-state index in [-0.39, 0.29) is 0 Å². The summed E-state index contributed by atoms with van der Waals surface area (Å²) in [7, 11) is 0. The maximum absolute atomic E-state index is 10.8. The molecule has 2 N–H and O–H groups in total. The first-order chi connectivity index (χ1) is 4.46. The van der Waals surface area contributed by atoms with Gasteiger partial charge >= 0.3 is 6.03 Å². The van der Waals surface area contributed by atoms with E-state index < -0.39 is 17.5 Å². The Morgan fingerprint density at radius 2 is 2.00 bits per heavy atom. The molecule has 3 amide bonds. The van der Waals surface area contributed by atoms with Gasteiger partial charge in [0, 0.05) is 0 Å². The molecule has 1 aliphatic rings. The van der Waals surface area contributed by atoms with Gasteiger partial charge in [-0.05, 0) is 13.8 Å². The highest BCUT2D eigenvalue weighted by Crippen LogP contribution is 2.17. The van der Waals surface area contributed by atoms with E-state index in [0.717, 1.165) is 0 Å². The third kappa shape index (κ3) is 0.672. The predicted octanol–water partition coefficient (Wildman–Crippen LogP) is -0.294. The van der Waals surface area contributed by atoms with Crippen LogP contribution in [-0.4, -0.2) is 27.7 Å². The quantitative estimate of drug-likeness (QED) is 0.362. The number of imide groups is 1. The fourth-order valence-electron chi connectivity index (χ4n) is 0.653. The molecule has 0 aromatic rings. The van der Waals surface area contributed by atoms with Crippen LogP contribution >= 0.6 is 0 Å². The van der Waals surface area contributed by atoms with Crippen LogP contribution in [0.3, 0.4) is 0 Å². The smallest absolute Gasteiger partial charge is 0.283 e. The van der Waals surface area contributed by atoms with Crippen molar-refractivity contribution in [1.82, 2.24) is 10.4 Å². The average Bonchev–Trinajstić information content (AvgIpc) is 1.97. The van der Waals surface area contributed by atoms with Crippen molar-refractivity contribution in [3.63, 3.8) is 0 Å². The van der Waals surface area contributed by atoms with Crippen LogP contribution in [0, 0.1) is 0 Å². The first kappa shape index (κ1) is 7.01. The third-order valence-electron chi connectivity index (χ3n) is 1.50. The molecule has 0 radical (unpaired) electrons. The van der Waals surface area contributed by atoms with Crippen molar-refractivity contribution >= 4 is 11.9 Å². The van der Waals surface area contributed by atoms with Gasteiger partial charge in [-0.1, -0.05) is 0 Å². The zero-order valence-corrected chi connectivity index (χ0v) is 5.71. The zero-order chi connectivity index (χ0) is 7.94. The van der Waals surface area contributed by atoms with Gasteiger partial charge in [0.05, 0.1) is 0 Å². The van der Waals surface area contributed by atoms with Gasteiger partial charge in [0.1, 0.15) is 5.54 Å². The van der Waals surface area contributed by atoms with E-state index in [1.54, 1.807) is 0 Å². The second kappa shape index (κ2) is 1.69. The number of carbonyl (C=O) groups excluding carboxylic acids is 2. The number of carbonyl (C=O) groups is 2. The molecular formula is C5H8N2O3. The van der Waals surface area contributed by atoms with Crippen molar-refractivity contribution in [2.75, 3.05) is 0 Å². The monoisotopic (exact) mass is 144 g/mol. The number of urea groups is 1. The summed E-state index contributed by atoms with van der Waals surface area (Å²) in [5.74, 6) is -0.486. The molecule has 0 aromatic carbocycles. The Morgan fingerprint density at radius 3 is 2.10 bits per heavy atom. The van der Waals surface area contributed by atoms with Crippen LogP contribution < -0.4 is 5.32 Å². The van der Waals surface area contributed by atoms with E-state index >= 15 is 0 Å². The van der Waals surface area contributed by atoms with E-state index in [0.29, 0.717) is 5.06 Å². The molecule has 0 aromatic heterocycles. The lowest BCUT2D eigenvalue weighted by atomic mass is 10.1. The molecular weight excluding hydrogens is 136 g/mol. The molecule has 1 aliphatic heterocycles. The molecule has 1 saturated heterocycles. The topological polar surface area (TPSA) is 69.6 Å². The largest absolute Gasteiger partial charge is 0.348 e. The first-order valence-electron chi connectivity index (χ1n) is 2.81. The number of nitrogens with one attached hydrogen (secondary N) is 1. The van der Waals surface area contributed by atoms with Crippen LogP contribution in [0.5, 0.6) is 0 Å². The van der Waals surface area contributed by atoms with Crippen molar-refractivity contribution in [1.29, 1.82) is 0 Å². The van der Waals surface area contributed by atoms with Crippen molar-refractivity contribution in [3.8, 4) is 0 Å². The first-order valence-corrected chi connectivity index (χ1v) is 2.81.